The van der Waals surface area contributed by atoms with E-state index in [1.54, 1.807) is 12.1 Å². The SMILES string of the molecule is CP(C)c1ccccc1C(=O)O.C[C@@H](N)[C@@H](C)N.C[C@H]1C[C@H](O)[C@@H](O)C[C@@H]1C.[Y]. The van der Waals surface area contributed by atoms with Gasteiger partial charge in [-0.15, -0.1) is 0 Å². The van der Waals surface area contributed by atoms with E-state index in [0.717, 1.165) is 18.1 Å². The zero-order valence-electron chi connectivity index (χ0n) is 18.6. The van der Waals surface area contributed by atoms with Gasteiger partial charge in [-0.05, 0) is 63.2 Å². The van der Waals surface area contributed by atoms with Crippen molar-refractivity contribution < 1.29 is 52.8 Å². The molecule has 165 valence electrons. The minimum atomic E-state index is -0.832. The van der Waals surface area contributed by atoms with Gasteiger partial charge in [-0.2, -0.15) is 0 Å². The average Bonchev–Trinajstić information content (AvgIpc) is 2.61. The third kappa shape index (κ3) is 12.5. The Labute approximate surface area is 202 Å². The smallest absolute Gasteiger partial charge is 0.336 e. The van der Waals surface area contributed by atoms with E-state index in [-0.39, 0.29) is 52.7 Å². The molecule has 1 aromatic carbocycles. The number of carbonyl (C=O) groups is 1. The molecule has 6 nitrogen and oxygen atoms in total. The van der Waals surface area contributed by atoms with Gasteiger partial charge in [0.05, 0.1) is 17.8 Å². The number of benzene rings is 1. The van der Waals surface area contributed by atoms with Crippen molar-refractivity contribution in [1.29, 1.82) is 0 Å². The van der Waals surface area contributed by atoms with Crippen molar-refractivity contribution in [3.8, 4) is 0 Å². The minimum absolute atomic E-state index is 0. The fourth-order valence-corrected chi connectivity index (χ4v) is 3.62. The molecule has 0 bridgehead atoms. The first kappa shape index (κ1) is 31.3. The van der Waals surface area contributed by atoms with Gasteiger partial charge in [0.25, 0.3) is 0 Å². The Hall–Kier alpha value is 0.0639. The minimum Gasteiger partial charge on any atom is -0.478 e. The summed E-state index contributed by atoms with van der Waals surface area (Å²) in [4.78, 5) is 10.7. The van der Waals surface area contributed by atoms with E-state index in [9.17, 15) is 15.0 Å². The maximum absolute atomic E-state index is 10.7. The molecule has 0 heterocycles. The number of hydrogen-bond donors (Lipinski definition) is 5. The van der Waals surface area contributed by atoms with Gasteiger partial charge in [0.1, 0.15) is 0 Å². The van der Waals surface area contributed by atoms with Crippen LogP contribution in [0.5, 0.6) is 0 Å². The van der Waals surface area contributed by atoms with Crippen molar-refractivity contribution in [1.82, 2.24) is 0 Å². The summed E-state index contributed by atoms with van der Waals surface area (Å²) in [5, 5.41) is 28.2. The molecule has 1 aliphatic rings. The van der Waals surface area contributed by atoms with E-state index in [0.29, 0.717) is 17.4 Å². The Morgan fingerprint density at radius 1 is 1.00 bits per heavy atom. The Kier molecular flexibility index (Phi) is 17.0. The van der Waals surface area contributed by atoms with E-state index in [1.807, 2.05) is 26.0 Å². The maximum Gasteiger partial charge on any atom is 0.336 e. The molecule has 0 aromatic heterocycles. The third-order valence-electron chi connectivity index (χ3n) is 5.09. The van der Waals surface area contributed by atoms with Crippen LogP contribution in [0.15, 0.2) is 24.3 Å². The number of aromatic carboxylic acids is 1. The zero-order chi connectivity index (χ0) is 22.0. The number of rotatable bonds is 3. The molecule has 0 spiro atoms. The molecule has 8 heteroatoms. The van der Waals surface area contributed by atoms with Gasteiger partial charge in [0.2, 0.25) is 0 Å². The second-order valence-corrected chi connectivity index (χ2v) is 10.3. The Morgan fingerprint density at radius 3 is 1.66 bits per heavy atom. The van der Waals surface area contributed by atoms with Crippen LogP contribution in [-0.4, -0.2) is 58.9 Å². The van der Waals surface area contributed by atoms with Crippen molar-refractivity contribution >= 4 is 19.2 Å². The Morgan fingerprint density at radius 2 is 1.38 bits per heavy atom. The van der Waals surface area contributed by atoms with Crippen molar-refractivity contribution in [2.75, 3.05) is 13.3 Å². The van der Waals surface area contributed by atoms with Crippen molar-refractivity contribution in [2.45, 2.75) is 64.8 Å². The molecule has 0 saturated heterocycles. The van der Waals surface area contributed by atoms with Crippen LogP contribution >= 0.6 is 7.92 Å². The number of nitrogens with two attached hydrogens (primary N) is 2. The number of aliphatic hydroxyl groups excluding tert-OH is 2. The first-order valence-corrected chi connectivity index (χ1v) is 12.0. The molecule has 29 heavy (non-hydrogen) atoms. The zero-order valence-corrected chi connectivity index (χ0v) is 22.3. The number of hydrogen-bond acceptors (Lipinski definition) is 5. The molecule has 2 rings (SSSR count). The van der Waals surface area contributed by atoms with Crippen LogP contribution in [0.1, 0.15) is 50.9 Å². The molecule has 6 atom stereocenters. The summed E-state index contributed by atoms with van der Waals surface area (Å²) in [5.41, 5.74) is 11.1. The van der Waals surface area contributed by atoms with Crippen LogP contribution in [0.25, 0.3) is 0 Å². The van der Waals surface area contributed by atoms with Gasteiger partial charge < -0.3 is 26.8 Å². The van der Waals surface area contributed by atoms with Crippen LogP contribution in [0.3, 0.4) is 0 Å². The first-order chi connectivity index (χ1) is 12.9. The summed E-state index contributed by atoms with van der Waals surface area (Å²) in [6, 6.07) is 7.43. The normalized spacial score (nSPS) is 25.3. The molecule has 7 N–H and O–H groups in total. The first-order valence-electron chi connectivity index (χ1n) is 9.75. The monoisotopic (exact) mass is 503 g/mol. The van der Waals surface area contributed by atoms with Gasteiger partial charge in [0, 0.05) is 44.8 Å². The van der Waals surface area contributed by atoms with E-state index in [1.165, 1.54) is 0 Å². The van der Waals surface area contributed by atoms with Crippen LogP contribution in [0, 0.1) is 11.8 Å². The van der Waals surface area contributed by atoms with Gasteiger partial charge >= 0.3 is 5.97 Å². The second-order valence-electron chi connectivity index (χ2n) is 8.00. The van der Waals surface area contributed by atoms with Gasteiger partial charge in [-0.1, -0.05) is 40.0 Å². The summed E-state index contributed by atoms with van der Waals surface area (Å²) < 4.78 is 0. The van der Waals surface area contributed by atoms with E-state index < -0.39 is 18.2 Å². The molecular formula is C21H39N2O4PY. The summed E-state index contributed by atoms with van der Waals surface area (Å²) in [6.07, 6.45) is 0.544. The standard InChI is InChI=1S/C9H11O2P.C8H16O2.C4H12N2.Y/c1-12(2)8-6-4-3-5-7(8)9(10)11;1-5-3-7(9)8(10)4-6(5)2;1-3(5)4(2)6;/h3-6H,1-2H3,(H,10,11);5-10H,3-4H2,1-2H3;3-4H,5-6H2,1-2H3;/t;5-,6-,7-,8-;3-,4-;/m.01./s1. The number of carboxylic acids is 1. The fraction of sp³-hybridized carbons (Fsp3) is 0.667. The van der Waals surface area contributed by atoms with Crippen molar-refractivity contribution in [2.24, 2.45) is 23.3 Å². The second kappa shape index (κ2) is 15.8. The Bertz CT molecular complexity index is 556. The van der Waals surface area contributed by atoms with E-state index in [2.05, 4.69) is 27.2 Å². The van der Waals surface area contributed by atoms with Gasteiger partial charge in [0.15, 0.2) is 0 Å². The maximum atomic E-state index is 10.7. The van der Waals surface area contributed by atoms with Gasteiger partial charge in [-0.25, -0.2) is 4.79 Å². The predicted octanol–water partition coefficient (Wildman–Crippen LogP) is 2.20. The molecule has 1 fully saturated rings. The summed E-state index contributed by atoms with van der Waals surface area (Å²) in [7, 11) is -0.330. The van der Waals surface area contributed by atoms with Crippen LogP contribution < -0.4 is 16.8 Å². The molecule has 1 radical (unpaired) electrons. The van der Waals surface area contributed by atoms with Crippen LogP contribution in [0.2, 0.25) is 0 Å². The van der Waals surface area contributed by atoms with Crippen molar-refractivity contribution in [3.05, 3.63) is 29.8 Å². The number of aliphatic hydroxyl groups is 2. The largest absolute Gasteiger partial charge is 0.478 e. The van der Waals surface area contributed by atoms with E-state index >= 15 is 0 Å². The molecular weight excluding hydrogens is 464 g/mol. The quantitative estimate of drug-likeness (QED) is 0.402. The van der Waals surface area contributed by atoms with Gasteiger partial charge in [-0.3, -0.25) is 0 Å². The molecule has 1 aliphatic carbocycles. The van der Waals surface area contributed by atoms with Crippen molar-refractivity contribution in [3.63, 3.8) is 0 Å². The van der Waals surface area contributed by atoms with Crippen LogP contribution in [-0.2, 0) is 32.7 Å². The Balaban J connectivity index is 0. The predicted molar refractivity (Wildman–Crippen MR) is 119 cm³/mol. The van der Waals surface area contributed by atoms with E-state index in [4.69, 9.17) is 16.6 Å². The molecule has 0 unspecified atom stereocenters. The number of carboxylic acid groups (broad SMARTS) is 1. The molecule has 1 aromatic rings. The summed E-state index contributed by atoms with van der Waals surface area (Å²) >= 11 is 0. The fourth-order valence-electron chi connectivity index (χ4n) is 2.59. The summed E-state index contributed by atoms with van der Waals surface area (Å²) in [6.45, 7) is 12.1. The molecule has 0 aliphatic heterocycles. The molecule has 1 saturated carbocycles. The average molecular weight is 503 g/mol. The third-order valence-corrected chi connectivity index (χ3v) is 6.44. The van der Waals surface area contributed by atoms with Crippen LogP contribution in [0.4, 0.5) is 0 Å². The summed E-state index contributed by atoms with van der Waals surface area (Å²) in [5.74, 6) is 0.276. The molecule has 0 amide bonds. The topological polar surface area (TPSA) is 130 Å².